The molecule has 132 valence electrons. The lowest BCUT2D eigenvalue weighted by Crippen LogP contribution is -2.40. The number of rotatable bonds is 10. The van der Waals surface area contributed by atoms with E-state index in [1.165, 1.54) is 4.90 Å². The van der Waals surface area contributed by atoms with Gasteiger partial charge in [0.2, 0.25) is 0 Å². The number of hydrogen-bond acceptors (Lipinski definition) is 4. The minimum Gasteiger partial charge on any atom is -0.480 e. The number of amides is 1. The highest BCUT2D eigenvalue weighted by molar-refractivity contribution is 6.17. The van der Waals surface area contributed by atoms with Crippen molar-refractivity contribution in [2.45, 2.75) is 25.9 Å². The van der Waals surface area contributed by atoms with Gasteiger partial charge in [-0.3, -0.25) is 9.69 Å². The Kier molecular flexibility index (Phi) is 6.87. The second-order valence-electron chi connectivity index (χ2n) is 6.06. The summed E-state index contributed by atoms with van der Waals surface area (Å²) < 4.78 is 10.4. The molecule has 2 rings (SSSR count). The number of benzene rings is 1. The fraction of sp³-hybridized carbons (Fsp3) is 0.529. The third-order valence-electron chi connectivity index (χ3n) is 4.13. The first-order chi connectivity index (χ1) is 11.5. The topological polar surface area (TPSA) is 76.1 Å². The second-order valence-corrected chi connectivity index (χ2v) is 6.28. The molecular weight excluding hydrogens is 334 g/mol. The molecule has 0 saturated heterocycles. The van der Waals surface area contributed by atoms with Crippen molar-refractivity contribution in [2.24, 2.45) is 5.41 Å². The largest absolute Gasteiger partial charge is 0.480 e. The van der Waals surface area contributed by atoms with Crippen molar-refractivity contribution in [1.82, 2.24) is 4.90 Å². The minimum absolute atomic E-state index is 0.0720. The van der Waals surface area contributed by atoms with E-state index < -0.39 is 12.1 Å². The lowest BCUT2D eigenvalue weighted by atomic mass is 10.0. The summed E-state index contributed by atoms with van der Waals surface area (Å²) >= 11 is 5.39. The van der Waals surface area contributed by atoms with Gasteiger partial charge in [-0.25, -0.2) is 4.79 Å². The summed E-state index contributed by atoms with van der Waals surface area (Å²) in [7, 11) is 0. The van der Waals surface area contributed by atoms with Gasteiger partial charge in [-0.1, -0.05) is 41.9 Å². The van der Waals surface area contributed by atoms with Crippen LogP contribution in [0.2, 0.25) is 0 Å². The van der Waals surface area contributed by atoms with E-state index in [4.69, 9.17) is 26.2 Å². The molecule has 7 heteroatoms. The van der Waals surface area contributed by atoms with Crippen LogP contribution in [0, 0.1) is 5.41 Å². The Morgan fingerprint density at radius 1 is 1.25 bits per heavy atom. The highest BCUT2D eigenvalue weighted by Gasteiger charge is 2.44. The number of carbonyl (C=O) groups excluding carboxylic acids is 1. The fourth-order valence-electron chi connectivity index (χ4n) is 2.61. The van der Waals surface area contributed by atoms with E-state index in [9.17, 15) is 9.59 Å². The predicted molar refractivity (Wildman–Crippen MR) is 88.8 cm³/mol. The third kappa shape index (κ3) is 6.02. The quantitative estimate of drug-likeness (QED) is 0.515. The number of ether oxygens (including phenoxy) is 2. The van der Waals surface area contributed by atoms with E-state index in [-0.39, 0.29) is 18.0 Å². The van der Waals surface area contributed by atoms with Gasteiger partial charge in [0.15, 0.2) is 6.07 Å². The number of carboxylic acids is 1. The third-order valence-corrected chi connectivity index (χ3v) is 4.24. The fourth-order valence-corrected chi connectivity index (χ4v) is 2.70. The first-order valence-electron chi connectivity index (χ1n) is 7.86. The monoisotopic (exact) mass is 355 g/mol. The molecule has 1 aromatic carbocycles. The van der Waals surface area contributed by atoms with Crippen molar-refractivity contribution in [2.75, 3.05) is 25.8 Å². The van der Waals surface area contributed by atoms with E-state index >= 15 is 0 Å². The van der Waals surface area contributed by atoms with Gasteiger partial charge in [-0.05, 0) is 30.2 Å². The Hall–Kier alpha value is -1.79. The first kappa shape index (κ1) is 18.5. The van der Waals surface area contributed by atoms with E-state index in [1.807, 2.05) is 30.3 Å². The van der Waals surface area contributed by atoms with Crippen molar-refractivity contribution in [1.29, 1.82) is 0 Å². The molecule has 0 aromatic heterocycles. The molecule has 0 heterocycles. The van der Waals surface area contributed by atoms with E-state index in [1.54, 1.807) is 0 Å². The van der Waals surface area contributed by atoms with Gasteiger partial charge >= 0.3 is 12.1 Å². The molecule has 1 aliphatic rings. The summed E-state index contributed by atoms with van der Waals surface area (Å²) in [6.07, 6.45) is 1.99. The van der Waals surface area contributed by atoms with Gasteiger partial charge in [-0.2, -0.15) is 0 Å². The molecule has 0 bridgehead atoms. The van der Waals surface area contributed by atoms with E-state index in [2.05, 4.69) is 0 Å². The van der Waals surface area contributed by atoms with Crippen LogP contribution in [-0.4, -0.2) is 47.8 Å². The van der Waals surface area contributed by atoms with Crippen LogP contribution in [-0.2, 0) is 20.9 Å². The molecule has 1 N–H and O–H groups in total. The molecule has 0 radical (unpaired) electrons. The summed E-state index contributed by atoms with van der Waals surface area (Å²) in [6, 6.07) is 9.61. The Morgan fingerprint density at radius 3 is 2.54 bits per heavy atom. The summed E-state index contributed by atoms with van der Waals surface area (Å²) in [4.78, 5) is 24.0. The predicted octanol–water partition coefficient (Wildman–Crippen LogP) is 3.09. The van der Waals surface area contributed by atoms with Crippen molar-refractivity contribution < 1.29 is 24.2 Å². The Morgan fingerprint density at radius 2 is 1.96 bits per heavy atom. The number of nitrogens with zero attached hydrogens (tertiary/aromatic N) is 1. The zero-order chi connectivity index (χ0) is 17.4. The molecule has 0 spiro atoms. The maximum Gasteiger partial charge on any atom is 0.411 e. The maximum atomic E-state index is 11.8. The van der Waals surface area contributed by atoms with Crippen LogP contribution >= 0.6 is 11.6 Å². The Labute approximate surface area is 146 Å². The molecular formula is C17H22ClNO5. The summed E-state index contributed by atoms with van der Waals surface area (Å²) in [6.45, 7) is 1.08. The van der Waals surface area contributed by atoms with Gasteiger partial charge in [0.25, 0.3) is 0 Å². The molecule has 1 amide bonds. The van der Waals surface area contributed by atoms with E-state index in [0.717, 1.165) is 24.8 Å². The SMILES string of the molecule is O=C(O)CN(CC1(CCOCc2ccccc2)CC1)C(=O)OCCl. The lowest BCUT2D eigenvalue weighted by molar-refractivity contribution is -0.138. The maximum absolute atomic E-state index is 11.8. The van der Waals surface area contributed by atoms with Crippen molar-refractivity contribution in [3.05, 3.63) is 35.9 Å². The standard InChI is InChI=1S/C17H22ClNO5/c18-13-24-16(22)19(10-15(20)21)12-17(6-7-17)8-9-23-11-14-4-2-1-3-5-14/h1-5H,6-13H2,(H,20,21). The minimum atomic E-state index is -1.07. The average molecular weight is 356 g/mol. The molecule has 1 saturated carbocycles. The zero-order valence-electron chi connectivity index (χ0n) is 13.4. The van der Waals surface area contributed by atoms with Crippen LogP contribution in [0.3, 0.4) is 0 Å². The summed E-state index contributed by atoms with van der Waals surface area (Å²) in [5.41, 5.74) is 1.04. The van der Waals surface area contributed by atoms with Crippen molar-refractivity contribution >= 4 is 23.7 Å². The van der Waals surface area contributed by atoms with Gasteiger partial charge in [0, 0.05) is 13.2 Å². The molecule has 6 nitrogen and oxygen atoms in total. The molecule has 1 aliphatic carbocycles. The van der Waals surface area contributed by atoms with Crippen LogP contribution in [0.1, 0.15) is 24.8 Å². The molecule has 0 unspecified atom stereocenters. The normalized spacial score (nSPS) is 14.9. The number of halogens is 1. The number of aliphatic carboxylic acids is 1. The number of carboxylic acid groups (broad SMARTS) is 1. The molecule has 1 fully saturated rings. The lowest BCUT2D eigenvalue weighted by Gasteiger charge is -2.25. The van der Waals surface area contributed by atoms with Gasteiger partial charge in [-0.15, -0.1) is 0 Å². The molecule has 0 atom stereocenters. The van der Waals surface area contributed by atoms with Gasteiger partial charge < -0.3 is 14.6 Å². The molecule has 1 aromatic rings. The Balaban J connectivity index is 1.78. The highest BCUT2D eigenvalue weighted by Crippen LogP contribution is 2.49. The van der Waals surface area contributed by atoms with Crippen molar-refractivity contribution in [3.8, 4) is 0 Å². The highest BCUT2D eigenvalue weighted by atomic mass is 35.5. The van der Waals surface area contributed by atoms with Gasteiger partial charge in [0.05, 0.1) is 6.61 Å². The smallest absolute Gasteiger partial charge is 0.411 e. The van der Waals surface area contributed by atoms with Crippen LogP contribution in [0.25, 0.3) is 0 Å². The summed E-state index contributed by atoms with van der Waals surface area (Å²) in [5.74, 6) is -1.07. The molecule has 24 heavy (non-hydrogen) atoms. The average Bonchev–Trinajstić information content (AvgIpc) is 3.32. The van der Waals surface area contributed by atoms with Crippen molar-refractivity contribution in [3.63, 3.8) is 0 Å². The van der Waals surface area contributed by atoms with Crippen LogP contribution in [0.4, 0.5) is 4.79 Å². The summed E-state index contributed by atoms with van der Waals surface area (Å²) in [5, 5.41) is 8.95. The Bertz CT molecular complexity index is 547. The number of carbonyl (C=O) groups is 2. The molecule has 0 aliphatic heterocycles. The van der Waals surface area contributed by atoms with Crippen LogP contribution in [0.15, 0.2) is 30.3 Å². The van der Waals surface area contributed by atoms with Crippen LogP contribution in [0.5, 0.6) is 0 Å². The van der Waals surface area contributed by atoms with Crippen LogP contribution < -0.4 is 0 Å². The van der Waals surface area contributed by atoms with Gasteiger partial charge in [0.1, 0.15) is 6.54 Å². The number of alkyl halides is 1. The number of hydrogen-bond donors (Lipinski definition) is 1. The first-order valence-corrected chi connectivity index (χ1v) is 8.39. The second kappa shape index (κ2) is 8.89. The van der Waals surface area contributed by atoms with E-state index in [0.29, 0.717) is 19.8 Å². The zero-order valence-corrected chi connectivity index (χ0v) is 14.2.